The molecule has 0 radical (unpaired) electrons. The van der Waals surface area contributed by atoms with Gasteiger partial charge in [-0.3, -0.25) is 0 Å². The Morgan fingerprint density at radius 3 is 2.93 bits per heavy atom. The van der Waals surface area contributed by atoms with Gasteiger partial charge in [0.2, 0.25) is 5.95 Å². The fourth-order valence-corrected chi connectivity index (χ4v) is 1.62. The van der Waals surface area contributed by atoms with Crippen molar-refractivity contribution in [2.75, 3.05) is 5.73 Å². The minimum absolute atomic E-state index is 0.307. The molecule has 4 heteroatoms. The number of aromatic nitrogens is 3. The molecule has 2 heterocycles. The molecule has 2 N–H and O–H groups in total. The van der Waals surface area contributed by atoms with E-state index in [4.69, 9.17) is 5.73 Å². The van der Waals surface area contributed by atoms with Gasteiger partial charge in [-0.05, 0) is 11.5 Å². The number of hydrogen-bond acceptors (Lipinski definition) is 3. The minimum atomic E-state index is 0.307. The summed E-state index contributed by atoms with van der Waals surface area (Å²) in [6.45, 7) is 0. The number of nitrogen functional groups attached to an aromatic ring is 1. The highest BCUT2D eigenvalue weighted by atomic mass is 15.3. The summed E-state index contributed by atoms with van der Waals surface area (Å²) in [6.07, 6.45) is 1.86. The molecule has 4 nitrogen and oxygen atoms in total. The minimum Gasteiger partial charge on any atom is -0.366 e. The van der Waals surface area contributed by atoms with Crippen molar-refractivity contribution in [1.29, 1.82) is 0 Å². The summed E-state index contributed by atoms with van der Waals surface area (Å²) in [6, 6.07) is 10.0. The number of nitrogens with two attached hydrogens (primary N) is 1. The largest absolute Gasteiger partial charge is 0.366 e. The summed E-state index contributed by atoms with van der Waals surface area (Å²) >= 11 is 0. The molecule has 3 aromatic rings. The maximum Gasteiger partial charge on any atom is 0.240 e. The first-order valence-corrected chi connectivity index (χ1v) is 4.34. The van der Waals surface area contributed by atoms with Gasteiger partial charge in [0.25, 0.3) is 0 Å². The molecule has 0 aliphatic heterocycles. The third-order valence-corrected chi connectivity index (χ3v) is 2.24. The molecule has 0 fully saturated rings. The highest BCUT2D eigenvalue weighted by Crippen LogP contribution is 2.18. The lowest BCUT2D eigenvalue weighted by atomic mass is 10.2. The molecular weight excluding hydrogens is 176 g/mol. The molecular formula is C10H8N4. The van der Waals surface area contributed by atoms with Crippen LogP contribution in [0.1, 0.15) is 0 Å². The molecule has 0 bridgehead atoms. The normalized spacial score (nSPS) is 11.1. The van der Waals surface area contributed by atoms with E-state index in [0.29, 0.717) is 5.95 Å². The molecule has 0 aliphatic carbocycles. The standard InChI is InChI=1S/C10H8N4/c11-10-12-9-8-4-2-1-3-7(8)5-6-14(9)13-10/h1-6H,(H2,11,13). The van der Waals surface area contributed by atoms with Crippen LogP contribution in [0.25, 0.3) is 16.4 Å². The molecule has 68 valence electrons. The van der Waals surface area contributed by atoms with Crippen molar-refractivity contribution >= 4 is 22.4 Å². The number of benzene rings is 1. The lowest BCUT2D eigenvalue weighted by Crippen LogP contribution is -1.88. The second-order valence-corrected chi connectivity index (χ2v) is 3.14. The van der Waals surface area contributed by atoms with Crippen LogP contribution >= 0.6 is 0 Å². The van der Waals surface area contributed by atoms with E-state index in [0.717, 1.165) is 16.4 Å². The fraction of sp³-hybridized carbons (Fsp3) is 0. The van der Waals surface area contributed by atoms with Crippen LogP contribution in [0, 0.1) is 0 Å². The van der Waals surface area contributed by atoms with Gasteiger partial charge in [-0.25, -0.2) is 4.52 Å². The molecule has 14 heavy (non-hydrogen) atoms. The summed E-state index contributed by atoms with van der Waals surface area (Å²) in [7, 11) is 0. The summed E-state index contributed by atoms with van der Waals surface area (Å²) in [4.78, 5) is 4.17. The number of rotatable bonds is 0. The number of fused-ring (bicyclic) bond motifs is 3. The molecule has 3 rings (SSSR count). The van der Waals surface area contributed by atoms with Crippen LogP contribution in [-0.2, 0) is 0 Å². The van der Waals surface area contributed by atoms with E-state index in [1.807, 2.05) is 36.5 Å². The van der Waals surface area contributed by atoms with Crippen molar-refractivity contribution < 1.29 is 0 Å². The van der Waals surface area contributed by atoms with E-state index in [9.17, 15) is 0 Å². The van der Waals surface area contributed by atoms with E-state index < -0.39 is 0 Å². The van der Waals surface area contributed by atoms with Crippen molar-refractivity contribution in [2.24, 2.45) is 0 Å². The number of anilines is 1. The van der Waals surface area contributed by atoms with Gasteiger partial charge in [0.15, 0.2) is 5.65 Å². The Bertz CT molecular complexity index is 612. The third kappa shape index (κ3) is 0.877. The summed E-state index contributed by atoms with van der Waals surface area (Å²) in [5.41, 5.74) is 6.34. The molecule has 0 amide bonds. The van der Waals surface area contributed by atoms with E-state index in [-0.39, 0.29) is 0 Å². The van der Waals surface area contributed by atoms with Gasteiger partial charge in [-0.2, -0.15) is 4.98 Å². The Morgan fingerprint density at radius 2 is 2.00 bits per heavy atom. The Balaban J connectivity index is 2.60. The van der Waals surface area contributed by atoms with Crippen LogP contribution in [0.4, 0.5) is 5.95 Å². The predicted molar refractivity (Wildman–Crippen MR) is 54.9 cm³/mol. The van der Waals surface area contributed by atoms with Crippen LogP contribution in [0.5, 0.6) is 0 Å². The zero-order chi connectivity index (χ0) is 9.54. The smallest absolute Gasteiger partial charge is 0.240 e. The maximum atomic E-state index is 5.54. The number of nitrogens with zero attached hydrogens (tertiary/aromatic N) is 3. The SMILES string of the molecule is Nc1nc2c3ccccc3ccn2n1. The van der Waals surface area contributed by atoms with Crippen molar-refractivity contribution in [3.8, 4) is 0 Å². The van der Waals surface area contributed by atoms with Gasteiger partial charge in [0.1, 0.15) is 0 Å². The van der Waals surface area contributed by atoms with Crippen LogP contribution in [-0.4, -0.2) is 14.6 Å². The first-order chi connectivity index (χ1) is 6.84. The molecule has 0 saturated carbocycles. The van der Waals surface area contributed by atoms with Gasteiger partial charge in [0, 0.05) is 11.6 Å². The lowest BCUT2D eigenvalue weighted by Gasteiger charge is -1.97. The van der Waals surface area contributed by atoms with E-state index in [1.54, 1.807) is 4.52 Å². The molecule has 0 saturated heterocycles. The molecule has 0 atom stereocenters. The third-order valence-electron chi connectivity index (χ3n) is 2.24. The summed E-state index contributed by atoms with van der Waals surface area (Å²) < 4.78 is 1.69. The summed E-state index contributed by atoms with van der Waals surface area (Å²) in [5, 5.41) is 6.26. The summed E-state index contributed by atoms with van der Waals surface area (Å²) in [5.74, 6) is 0.307. The molecule has 0 unspecified atom stereocenters. The average Bonchev–Trinajstić information content (AvgIpc) is 2.59. The van der Waals surface area contributed by atoms with Crippen molar-refractivity contribution in [2.45, 2.75) is 0 Å². The van der Waals surface area contributed by atoms with Crippen LogP contribution in [0.3, 0.4) is 0 Å². The van der Waals surface area contributed by atoms with Gasteiger partial charge in [-0.15, -0.1) is 5.10 Å². The lowest BCUT2D eigenvalue weighted by molar-refractivity contribution is 0.974. The van der Waals surface area contributed by atoms with Gasteiger partial charge >= 0.3 is 0 Å². The van der Waals surface area contributed by atoms with Gasteiger partial charge in [0.05, 0.1) is 0 Å². The molecule has 0 aliphatic rings. The van der Waals surface area contributed by atoms with Crippen LogP contribution < -0.4 is 5.73 Å². The van der Waals surface area contributed by atoms with E-state index in [1.165, 1.54) is 0 Å². The maximum absolute atomic E-state index is 5.54. The highest BCUT2D eigenvalue weighted by Gasteiger charge is 2.03. The van der Waals surface area contributed by atoms with E-state index >= 15 is 0 Å². The Kier molecular flexibility index (Phi) is 1.28. The van der Waals surface area contributed by atoms with E-state index in [2.05, 4.69) is 10.1 Å². The highest BCUT2D eigenvalue weighted by molar-refractivity contribution is 5.93. The first kappa shape index (κ1) is 7.32. The quantitative estimate of drug-likeness (QED) is 0.575. The van der Waals surface area contributed by atoms with Crippen LogP contribution in [0.15, 0.2) is 36.5 Å². The Hall–Kier alpha value is -2.10. The number of hydrogen-bond donors (Lipinski definition) is 1. The monoisotopic (exact) mass is 184 g/mol. The predicted octanol–water partition coefficient (Wildman–Crippen LogP) is 1.46. The Labute approximate surface area is 80.0 Å². The van der Waals surface area contributed by atoms with Gasteiger partial charge in [-0.1, -0.05) is 24.3 Å². The zero-order valence-corrected chi connectivity index (χ0v) is 7.38. The van der Waals surface area contributed by atoms with Crippen LogP contribution in [0.2, 0.25) is 0 Å². The Morgan fingerprint density at radius 1 is 1.14 bits per heavy atom. The second kappa shape index (κ2) is 2.45. The average molecular weight is 184 g/mol. The van der Waals surface area contributed by atoms with Crippen molar-refractivity contribution in [3.05, 3.63) is 36.5 Å². The van der Waals surface area contributed by atoms with Crippen molar-refractivity contribution in [3.63, 3.8) is 0 Å². The fourth-order valence-electron chi connectivity index (χ4n) is 1.62. The topological polar surface area (TPSA) is 56.2 Å². The number of pyridine rings is 1. The van der Waals surface area contributed by atoms with Gasteiger partial charge < -0.3 is 5.73 Å². The molecule has 2 aromatic heterocycles. The zero-order valence-electron chi connectivity index (χ0n) is 7.38. The first-order valence-electron chi connectivity index (χ1n) is 4.34. The second-order valence-electron chi connectivity index (χ2n) is 3.14. The van der Waals surface area contributed by atoms with Crippen molar-refractivity contribution in [1.82, 2.24) is 14.6 Å². The molecule has 1 aromatic carbocycles. The molecule has 0 spiro atoms.